The normalized spacial score (nSPS) is 36.7. The number of ether oxygens (including phenoxy) is 5. The van der Waals surface area contributed by atoms with Crippen LogP contribution in [0.1, 0.15) is 87.5 Å². The molecule has 3 aliphatic rings. The van der Waals surface area contributed by atoms with Gasteiger partial charge in [0.05, 0.1) is 29.5 Å². The van der Waals surface area contributed by atoms with Crippen molar-refractivity contribution in [2.75, 3.05) is 27.7 Å². The van der Waals surface area contributed by atoms with Gasteiger partial charge in [0.1, 0.15) is 23.9 Å². The Morgan fingerprint density at radius 3 is 2.34 bits per heavy atom. The van der Waals surface area contributed by atoms with Gasteiger partial charge in [-0.15, -0.1) is 0 Å². The first-order chi connectivity index (χ1) is 27.4. The number of likely N-dealkylation sites (N-methyl/N-ethyl adjacent to an activating group) is 1. The molecule has 322 valence electrons. The Hall–Kier alpha value is -3.76. The van der Waals surface area contributed by atoms with Gasteiger partial charge in [-0.25, -0.2) is 4.79 Å². The van der Waals surface area contributed by atoms with Crippen molar-refractivity contribution in [2.45, 2.75) is 148 Å². The molecular formula is C43H65N5O10. The molecule has 1 amide bonds. The van der Waals surface area contributed by atoms with Crippen molar-refractivity contribution < 1.29 is 48.0 Å². The third-order valence-corrected chi connectivity index (χ3v) is 12.8. The Morgan fingerprint density at radius 2 is 1.71 bits per heavy atom. The number of fused-ring (bicyclic) bond motifs is 1. The molecule has 0 bridgehead atoms. The van der Waals surface area contributed by atoms with Gasteiger partial charge in [0, 0.05) is 68.1 Å². The summed E-state index contributed by atoms with van der Waals surface area (Å²) in [5.41, 5.74) is -0.941. The number of rotatable bonds is 11. The Morgan fingerprint density at radius 1 is 1.00 bits per heavy atom. The topological polar surface area (TPSA) is 172 Å². The van der Waals surface area contributed by atoms with Gasteiger partial charge in [0.2, 0.25) is 0 Å². The summed E-state index contributed by atoms with van der Waals surface area (Å²) >= 11 is 0. The van der Waals surface area contributed by atoms with Gasteiger partial charge in [-0.1, -0.05) is 27.7 Å². The number of nitrogens with zero attached hydrogens (tertiary/aromatic N) is 5. The molecule has 5 rings (SSSR count). The van der Waals surface area contributed by atoms with E-state index >= 15 is 0 Å². The van der Waals surface area contributed by atoms with E-state index in [9.17, 15) is 24.3 Å². The Labute approximate surface area is 343 Å². The van der Waals surface area contributed by atoms with Gasteiger partial charge >= 0.3 is 12.1 Å². The maximum atomic E-state index is 14.7. The molecule has 1 N–H and O–H groups in total. The van der Waals surface area contributed by atoms with E-state index < -0.39 is 83.4 Å². The molecule has 3 fully saturated rings. The molecule has 0 aliphatic carbocycles. The fraction of sp³-hybridized carbons (Fsp3) is 0.721. The number of aryl methyl sites for hydroxylation is 1. The van der Waals surface area contributed by atoms with Crippen molar-refractivity contribution in [3.8, 4) is 11.3 Å². The number of cyclic esters (lactones) is 1. The summed E-state index contributed by atoms with van der Waals surface area (Å²) < 4.78 is 33.1. The number of methoxy groups -OCH3 is 1. The van der Waals surface area contributed by atoms with Crippen LogP contribution in [0.25, 0.3) is 11.3 Å². The fourth-order valence-electron chi connectivity index (χ4n) is 9.42. The molecule has 0 aromatic carbocycles. The highest BCUT2D eigenvalue weighted by molar-refractivity contribution is 6.00. The second-order valence-electron chi connectivity index (χ2n) is 17.3. The third kappa shape index (κ3) is 9.33. The summed E-state index contributed by atoms with van der Waals surface area (Å²) in [7, 11) is 5.24. The van der Waals surface area contributed by atoms with Crippen LogP contribution in [0.5, 0.6) is 0 Å². The van der Waals surface area contributed by atoms with Crippen molar-refractivity contribution in [1.82, 2.24) is 24.6 Å². The van der Waals surface area contributed by atoms with E-state index in [4.69, 9.17) is 23.7 Å². The lowest BCUT2D eigenvalue weighted by Crippen LogP contribution is -2.60. The number of ketones is 2. The van der Waals surface area contributed by atoms with E-state index in [1.807, 2.05) is 68.8 Å². The molecule has 15 heteroatoms. The van der Waals surface area contributed by atoms with E-state index in [2.05, 4.69) is 10.1 Å². The van der Waals surface area contributed by atoms with Gasteiger partial charge in [-0.05, 0) is 92.1 Å². The molecule has 0 radical (unpaired) electrons. The number of Topliss-reactive ketones (excluding diaryl/α,β-unsaturated/α-hetero) is 2. The number of carbonyl (C=O) groups excluding carboxylic acids is 4. The largest absolute Gasteiger partial charge is 0.458 e. The summed E-state index contributed by atoms with van der Waals surface area (Å²) in [5.74, 6) is -4.96. The van der Waals surface area contributed by atoms with Crippen LogP contribution in [0.3, 0.4) is 0 Å². The maximum absolute atomic E-state index is 14.7. The fourth-order valence-corrected chi connectivity index (χ4v) is 9.42. The van der Waals surface area contributed by atoms with Crippen LogP contribution in [0, 0.1) is 23.7 Å². The predicted octanol–water partition coefficient (Wildman–Crippen LogP) is 4.93. The summed E-state index contributed by atoms with van der Waals surface area (Å²) in [5, 5.41) is 16.1. The molecule has 0 unspecified atom stereocenters. The molecule has 2 aromatic rings. The van der Waals surface area contributed by atoms with Crippen molar-refractivity contribution in [1.29, 1.82) is 0 Å². The maximum Gasteiger partial charge on any atom is 0.410 e. The van der Waals surface area contributed by atoms with Gasteiger partial charge < -0.3 is 38.6 Å². The minimum absolute atomic E-state index is 0.129. The molecular weight excluding hydrogens is 746 g/mol. The van der Waals surface area contributed by atoms with E-state index in [1.165, 1.54) is 14.0 Å². The zero-order chi connectivity index (χ0) is 42.7. The lowest BCUT2D eigenvalue weighted by Gasteiger charge is -2.47. The van der Waals surface area contributed by atoms with Gasteiger partial charge in [-0.3, -0.25) is 24.0 Å². The van der Waals surface area contributed by atoms with Crippen LogP contribution in [0.4, 0.5) is 4.79 Å². The smallest absolute Gasteiger partial charge is 0.410 e. The van der Waals surface area contributed by atoms with Crippen LogP contribution in [-0.2, 0) is 44.6 Å². The van der Waals surface area contributed by atoms with Crippen LogP contribution in [-0.4, -0.2) is 135 Å². The average molecular weight is 812 g/mol. The Kier molecular flexibility index (Phi) is 14.6. The highest BCUT2D eigenvalue weighted by Crippen LogP contribution is 2.43. The predicted molar refractivity (Wildman–Crippen MR) is 214 cm³/mol. The highest BCUT2D eigenvalue weighted by Gasteiger charge is 2.60. The lowest BCUT2D eigenvalue weighted by atomic mass is 9.73. The van der Waals surface area contributed by atoms with Gasteiger partial charge in [0.25, 0.3) is 0 Å². The monoisotopic (exact) mass is 811 g/mol. The molecule has 15 nitrogen and oxygen atoms in total. The minimum atomic E-state index is -1.40. The van der Waals surface area contributed by atoms with Crippen molar-refractivity contribution in [3.05, 3.63) is 36.8 Å². The first-order valence-corrected chi connectivity index (χ1v) is 20.8. The van der Waals surface area contributed by atoms with E-state index in [1.54, 1.807) is 45.0 Å². The number of pyridine rings is 1. The summed E-state index contributed by atoms with van der Waals surface area (Å²) in [4.78, 5) is 64.5. The van der Waals surface area contributed by atoms with Crippen LogP contribution >= 0.6 is 0 Å². The average Bonchev–Trinajstić information content (AvgIpc) is 3.78. The molecule has 0 saturated carbocycles. The van der Waals surface area contributed by atoms with Crippen LogP contribution < -0.4 is 0 Å². The Balaban J connectivity index is 1.43. The zero-order valence-corrected chi connectivity index (χ0v) is 36.1. The standard InChI is InChI=1S/C43H65N5O10/c1-12-33-43(8)37(48(41(53)58-43)20-14-13-19-47-21-17-31(45-47)30-16-15-18-44-24-30)27(4)34(49)25(2)23-42(7,54-11)38(28(5)35(50)29(6)39(52)56-33)57-40-36(51)32(46(9)10)22-26(3)55-40/h15-18,21,24-29,32-33,36-38,40,51H,12-14,19-20,22-23H2,1-11H3/t25-,26-,27+,28+,29-,32+,33-,36-,37+,38-,40+,42-,43-/m1/s1. The van der Waals surface area contributed by atoms with Crippen molar-refractivity contribution in [3.63, 3.8) is 0 Å². The number of unbranched alkanes of at least 4 members (excludes halogenated alkanes) is 1. The van der Waals surface area contributed by atoms with E-state index in [-0.39, 0.29) is 30.8 Å². The first kappa shape index (κ1) is 45.3. The zero-order valence-electron chi connectivity index (χ0n) is 36.1. The summed E-state index contributed by atoms with van der Waals surface area (Å²) in [6.07, 6.45) is 2.59. The van der Waals surface area contributed by atoms with Crippen LogP contribution in [0.15, 0.2) is 36.8 Å². The number of aliphatic hydroxyl groups is 1. The number of esters is 1. The van der Waals surface area contributed by atoms with Crippen molar-refractivity contribution >= 4 is 23.6 Å². The second-order valence-corrected chi connectivity index (χ2v) is 17.3. The number of hydrogen-bond acceptors (Lipinski definition) is 13. The van der Waals surface area contributed by atoms with Crippen LogP contribution in [0.2, 0.25) is 0 Å². The molecule has 2 aromatic heterocycles. The second kappa shape index (κ2) is 18.7. The highest BCUT2D eigenvalue weighted by atomic mass is 16.7. The third-order valence-electron chi connectivity index (χ3n) is 12.8. The number of aliphatic hydroxyl groups excluding tert-OH is 1. The number of hydrogen-bond donors (Lipinski definition) is 1. The lowest BCUT2D eigenvalue weighted by molar-refractivity contribution is -0.295. The Bertz CT molecular complexity index is 1740. The van der Waals surface area contributed by atoms with E-state index in [0.717, 1.165) is 11.3 Å². The van der Waals surface area contributed by atoms with E-state index in [0.29, 0.717) is 32.4 Å². The summed E-state index contributed by atoms with van der Waals surface area (Å²) in [6.45, 7) is 14.9. The van der Waals surface area contributed by atoms with Gasteiger partial charge in [-0.2, -0.15) is 5.10 Å². The molecule has 5 heterocycles. The SMILES string of the molecule is CC[C@H]1OC(=O)[C@H](C)C(=O)[C@H](C)[C@@H](O[C@@H]2O[C@H](C)C[C@H](N(C)C)[C@H]2O)[C@](C)(OC)C[C@@H](C)C(=O)[C@H](C)[C@@H]2N(CCCCn3ccc(-c4cccnc4)n3)C(=O)O[C@@]21C. The quantitative estimate of drug-likeness (QED) is 0.184. The number of amides is 1. The number of carbonyl (C=O) groups is 4. The molecule has 0 spiro atoms. The van der Waals surface area contributed by atoms with Crippen molar-refractivity contribution in [2.24, 2.45) is 23.7 Å². The molecule has 13 atom stereocenters. The molecule has 58 heavy (non-hydrogen) atoms. The first-order valence-electron chi connectivity index (χ1n) is 20.8. The minimum Gasteiger partial charge on any atom is -0.458 e. The van der Waals surface area contributed by atoms with Gasteiger partial charge in [0.15, 0.2) is 17.7 Å². The molecule has 3 aliphatic heterocycles. The number of aromatic nitrogens is 3. The summed E-state index contributed by atoms with van der Waals surface area (Å²) in [6, 6.07) is 4.67. The molecule has 3 saturated heterocycles.